The van der Waals surface area contributed by atoms with Crippen molar-refractivity contribution in [3.63, 3.8) is 0 Å². The maximum atomic E-state index is 11.8. The van der Waals surface area contributed by atoms with E-state index < -0.39 is 72.7 Å². The summed E-state index contributed by atoms with van der Waals surface area (Å²) < 4.78 is 0. The minimum absolute atomic E-state index is 1.12. The molecule has 0 saturated heterocycles. The fourth-order valence-electron chi connectivity index (χ4n) is 1.98. The second kappa shape index (κ2) is 8.80. The molecule has 0 aromatic rings. The Bertz CT molecular complexity index is 531. The summed E-state index contributed by atoms with van der Waals surface area (Å²) >= 11 is 0. The van der Waals surface area contributed by atoms with Crippen LogP contribution in [0.15, 0.2) is 0 Å². The van der Waals surface area contributed by atoms with E-state index in [1.54, 1.807) is 0 Å². The average Bonchev–Trinajstić information content (AvgIpc) is 2.50. The van der Waals surface area contributed by atoms with Crippen molar-refractivity contribution in [1.29, 1.82) is 0 Å². The Morgan fingerprint density at radius 3 is 1.68 bits per heavy atom. The van der Waals surface area contributed by atoms with Crippen LogP contribution in [0.5, 0.6) is 0 Å². The predicted molar refractivity (Wildman–Crippen MR) is 72.1 cm³/mol. The molecule has 13 heteroatoms. The minimum Gasteiger partial charge on any atom is -0.481 e. The molecule has 9 N–H and O–H groups in total. The maximum absolute atomic E-state index is 11.8. The molecule has 0 radical (unpaired) electrons. The number of aliphatic hydroxyl groups is 6. The molecule has 0 rings (SSSR count). The standard InChI is InChI=1S/C12H18O13/c13-2-3(14)6(17)8(19)9(20)7(18)5(10(21)22)12(25,11(23)24)1-4(15)16/h3,5-8,13-14,17-19,25H,1-2H2,(H,15,16)(H,21,22)(H,23,24)/t3-,5?,6+,7?,8+,12?/m1/s1. The molecule has 0 amide bonds. The summed E-state index contributed by atoms with van der Waals surface area (Å²) in [5.74, 6) is -11.5. The third-order valence-corrected chi connectivity index (χ3v) is 3.38. The molecule has 0 aromatic carbocycles. The summed E-state index contributed by atoms with van der Waals surface area (Å²) in [5, 5.41) is 82.8. The van der Waals surface area contributed by atoms with E-state index in [0.29, 0.717) is 0 Å². The topological polar surface area (TPSA) is 250 Å². The van der Waals surface area contributed by atoms with Gasteiger partial charge in [-0.15, -0.1) is 0 Å². The van der Waals surface area contributed by atoms with Gasteiger partial charge in [0.1, 0.15) is 30.3 Å². The van der Waals surface area contributed by atoms with Crippen LogP contribution in [0.4, 0.5) is 0 Å². The number of carbonyl (C=O) groups is 4. The van der Waals surface area contributed by atoms with Gasteiger partial charge in [0.15, 0.2) is 11.4 Å². The first-order chi connectivity index (χ1) is 11.3. The van der Waals surface area contributed by atoms with E-state index in [9.17, 15) is 39.6 Å². The lowest BCUT2D eigenvalue weighted by molar-refractivity contribution is -0.189. The van der Waals surface area contributed by atoms with E-state index >= 15 is 0 Å². The van der Waals surface area contributed by atoms with Crippen LogP contribution in [-0.2, 0) is 19.2 Å². The van der Waals surface area contributed by atoms with E-state index in [1.165, 1.54) is 0 Å². The van der Waals surface area contributed by atoms with Crippen LogP contribution in [0.1, 0.15) is 6.42 Å². The number of aliphatic hydroxyl groups excluding tert-OH is 5. The van der Waals surface area contributed by atoms with E-state index in [1.807, 2.05) is 0 Å². The van der Waals surface area contributed by atoms with Gasteiger partial charge in [0.25, 0.3) is 0 Å². The Morgan fingerprint density at radius 2 is 1.36 bits per heavy atom. The molecule has 0 aliphatic carbocycles. The van der Waals surface area contributed by atoms with Gasteiger partial charge in [-0.05, 0) is 0 Å². The summed E-state index contributed by atoms with van der Waals surface area (Å²) in [7, 11) is 0. The van der Waals surface area contributed by atoms with Gasteiger partial charge in [-0.25, -0.2) is 4.79 Å². The molecule has 25 heavy (non-hydrogen) atoms. The van der Waals surface area contributed by atoms with Crippen LogP contribution in [-0.4, -0.2) is 106 Å². The van der Waals surface area contributed by atoms with Gasteiger partial charge < -0.3 is 46.0 Å². The zero-order valence-corrected chi connectivity index (χ0v) is 12.5. The molecule has 0 bridgehead atoms. The Hall–Kier alpha value is -2.16. The van der Waals surface area contributed by atoms with Crippen molar-refractivity contribution in [2.24, 2.45) is 5.92 Å². The van der Waals surface area contributed by atoms with Crippen LogP contribution in [0.3, 0.4) is 0 Å². The maximum Gasteiger partial charge on any atom is 0.337 e. The lowest BCUT2D eigenvalue weighted by Gasteiger charge is -2.32. The van der Waals surface area contributed by atoms with Crippen molar-refractivity contribution in [2.75, 3.05) is 6.61 Å². The number of carboxylic acids is 3. The Balaban J connectivity index is 5.79. The molecule has 0 fully saturated rings. The molecular weight excluding hydrogens is 352 g/mol. The highest BCUT2D eigenvalue weighted by atomic mass is 16.4. The monoisotopic (exact) mass is 370 g/mol. The van der Waals surface area contributed by atoms with Crippen LogP contribution < -0.4 is 0 Å². The molecule has 0 aromatic heterocycles. The first-order valence-corrected chi connectivity index (χ1v) is 6.58. The van der Waals surface area contributed by atoms with Crippen LogP contribution in [0, 0.1) is 5.92 Å². The molecule has 0 aliphatic rings. The number of carbonyl (C=O) groups excluding carboxylic acids is 1. The summed E-state index contributed by atoms with van der Waals surface area (Å²) in [6.07, 6.45) is -11.8. The lowest BCUT2D eigenvalue weighted by Crippen LogP contribution is -2.59. The molecule has 13 nitrogen and oxygen atoms in total. The van der Waals surface area contributed by atoms with Crippen LogP contribution >= 0.6 is 0 Å². The molecule has 0 aliphatic heterocycles. The first-order valence-electron chi connectivity index (χ1n) is 6.58. The zero-order chi connectivity index (χ0) is 20.1. The Morgan fingerprint density at radius 1 is 0.880 bits per heavy atom. The Kier molecular flexibility index (Phi) is 8.04. The van der Waals surface area contributed by atoms with E-state index in [4.69, 9.17) is 25.5 Å². The third kappa shape index (κ3) is 5.15. The fraction of sp³-hybridized carbons (Fsp3) is 0.667. The molecule has 0 spiro atoms. The highest BCUT2D eigenvalue weighted by molar-refractivity contribution is 5.96. The molecule has 0 saturated carbocycles. The minimum atomic E-state index is -3.63. The molecule has 0 heterocycles. The number of rotatable bonds is 11. The normalized spacial score (nSPS) is 19.8. The average molecular weight is 370 g/mol. The number of carboxylic acid groups (broad SMARTS) is 3. The summed E-state index contributed by atoms with van der Waals surface area (Å²) in [5.41, 5.74) is -3.63. The van der Waals surface area contributed by atoms with Crippen molar-refractivity contribution >= 4 is 23.7 Å². The van der Waals surface area contributed by atoms with Crippen LogP contribution in [0.2, 0.25) is 0 Å². The van der Waals surface area contributed by atoms with E-state index in [2.05, 4.69) is 0 Å². The van der Waals surface area contributed by atoms with E-state index in [-0.39, 0.29) is 0 Å². The summed E-state index contributed by atoms with van der Waals surface area (Å²) in [6.45, 7) is -1.12. The van der Waals surface area contributed by atoms with E-state index in [0.717, 1.165) is 0 Å². The van der Waals surface area contributed by atoms with Gasteiger partial charge >= 0.3 is 17.9 Å². The predicted octanol–water partition coefficient (Wildman–Crippen LogP) is -5.02. The number of ketones is 1. The van der Waals surface area contributed by atoms with Gasteiger partial charge in [0.05, 0.1) is 13.0 Å². The Labute approximate surface area is 139 Å². The van der Waals surface area contributed by atoms with Crippen molar-refractivity contribution < 1.29 is 65.1 Å². The number of hydrogen-bond donors (Lipinski definition) is 9. The zero-order valence-electron chi connectivity index (χ0n) is 12.5. The first kappa shape index (κ1) is 22.8. The number of Topliss-reactive ketones (excluding diaryl/α,β-unsaturated/α-hetero) is 1. The highest BCUT2D eigenvalue weighted by Gasteiger charge is 2.56. The summed E-state index contributed by atoms with van der Waals surface area (Å²) in [6, 6.07) is 0. The van der Waals surface area contributed by atoms with Crippen molar-refractivity contribution in [3.05, 3.63) is 0 Å². The second-order valence-electron chi connectivity index (χ2n) is 5.15. The van der Waals surface area contributed by atoms with Crippen molar-refractivity contribution in [1.82, 2.24) is 0 Å². The van der Waals surface area contributed by atoms with Gasteiger partial charge in [-0.1, -0.05) is 0 Å². The fourth-order valence-corrected chi connectivity index (χ4v) is 1.98. The van der Waals surface area contributed by atoms with Crippen molar-refractivity contribution in [3.8, 4) is 0 Å². The number of aliphatic carboxylic acids is 3. The van der Waals surface area contributed by atoms with Gasteiger partial charge in [-0.2, -0.15) is 0 Å². The largest absolute Gasteiger partial charge is 0.481 e. The summed E-state index contributed by atoms with van der Waals surface area (Å²) in [4.78, 5) is 44.8. The van der Waals surface area contributed by atoms with Crippen molar-refractivity contribution in [2.45, 2.75) is 36.4 Å². The molecule has 3 unspecified atom stereocenters. The number of hydrogen-bond acceptors (Lipinski definition) is 10. The third-order valence-electron chi connectivity index (χ3n) is 3.38. The van der Waals surface area contributed by atoms with Gasteiger partial charge in [-0.3, -0.25) is 14.4 Å². The highest BCUT2D eigenvalue weighted by Crippen LogP contribution is 2.27. The quantitative estimate of drug-likeness (QED) is 0.165. The van der Waals surface area contributed by atoms with Gasteiger partial charge in [0, 0.05) is 0 Å². The lowest BCUT2D eigenvalue weighted by atomic mass is 9.78. The SMILES string of the molecule is O=C(O)CC(O)(C(=O)O)C(C(=O)O)C(O)C(=O)[C@@H](O)[C@@H](O)[C@H](O)CO. The second-order valence-corrected chi connectivity index (χ2v) is 5.15. The molecule has 144 valence electrons. The smallest absolute Gasteiger partial charge is 0.337 e. The van der Waals surface area contributed by atoms with Gasteiger partial charge in [0.2, 0.25) is 0 Å². The van der Waals surface area contributed by atoms with Crippen LogP contribution in [0.25, 0.3) is 0 Å². The molecule has 6 atom stereocenters. The molecular formula is C12H18O13.